The fourth-order valence-electron chi connectivity index (χ4n) is 3.39. The molecule has 0 aromatic carbocycles. The number of carbonyl (C=O) groups is 1. The smallest absolute Gasteiger partial charge is 0.421 e. The third-order valence-corrected chi connectivity index (χ3v) is 4.90. The van der Waals surface area contributed by atoms with Crippen molar-refractivity contribution in [2.45, 2.75) is 6.42 Å². The van der Waals surface area contributed by atoms with Crippen LogP contribution in [0, 0.1) is 5.92 Å². The zero-order valence-corrected chi connectivity index (χ0v) is 14.1. The van der Waals surface area contributed by atoms with E-state index in [2.05, 4.69) is 21.8 Å². The number of nitrogens with zero attached hydrogens (tertiary/aromatic N) is 5. The van der Waals surface area contributed by atoms with Crippen LogP contribution in [-0.4, -0.2) is 84.0 Å². The molecular weight excluding hydrogens is 308 g/mol. The van der Waals surface area contributed by atoms with Crippen LogP contribution in [0.2, 0.25) is 0 Å². The Bertz CT molecular complexity index is 558. The lowest BCUT2D eigenvalue weighted by Crippen LogP contribution is -2.44. The second kappa shape index (κ2) is 7.23. The predicted molar refractivity (Wildman–Crippen MR) is 92.8 cm³/mol. The number of nitrogens with two attached hydrogens (primary N) is 1. The number of carboxylic acid groups (broad SMARTS) is 1. The van der Waals surface area contributed by atoms with E-state index in [0.29, 0.717) is 11.7 Å². The van der Waals surface area contributed by atoms with E-state index in [1.54, 1.807) is 0 Å². The summed E-state index contributed by atoms with van der Waals surface area (Å²) < 4.78 is 0. The number of rotatable bonds is 1. The average molecular weight is 334 g/mol. The predicted octanol–water partition coefficient (Wildman–Crippen LogP) is 0.633. The normalized spacial score (nSPS) is 26.2. The lowest BCUT2D eigenvalue weighted by molar-refractivity contribution is 0.0298. The Morgan fingerprint density at radius 1 is 1.21 bits per heavy atom. The van der Waals surface area contributed by atoms with E-state index in [1.807, 2.05) is 23.3 Å². The molecule has 4 rings (SSSR count). The maximum Gasteiger partial charge on any atom is 0.421 e. The van der Waals surface area contributed by atoms with E-state index in [0.717, 1.165) is 45.8 Å². The van der Waals surface area contributed by atoms with Crippen LogP contribution in [-0.2, 0) is 0 Å². The van der Waals surface area contributed by atoms with Gasteiger partial charge in [-0.15, -0.1) is 0 Å². The maximum atomic E-state index is 10.5. The minimum Gasteiger partial charge on any atom is -0.464 e. The molecule has 3 aliphatic heterocycles. The molecule has 2 bridgehead atoms. The summed E-state index contributed by atoms with van der Waals surface area (Å²) in [6, 6.07) is 3.89. The van der Waals surface area contributed by atoms with E-state index in [9.17, 15) is 4.79 Å². The number of hydrogen-bond donors (Lipinski definition) is 2. The van der Waals surface area contributed by atoms with Gasteiger partial charge in [0, 0.05) is 45.8 Å². The van der Waals surface area contributed by atoms with E-state index in [1.165, 1.54) is 17.1 Å². The Morgan fingerprint density at radius 3 is 2.42 bits per heavy atom. The molecule has 3 saturated heterocycles. The number of likely N-dealkylation sites (N-methyl/N-ethyl adjacent to an activating group) is 1. The number of piperazine rings is 1. The molecule has 8 nitrogen and oxygen atoms in total. The SMILES string of the molecule is CN1CCN(c2ccc(N)nc2)CC1.O=C(O)N1CC2CCN1C2. The molecule has 3 aliphatic rings. The number of hydrogen-bond acceptors (Lipinski definition) is 6. The standard InChI is InChI=1S/C10H16N4.C6H10N2O2/c1-13-4-6-14(7-5-13)9-2-3-10(11)12-8-9;9-6(10)8-4-5-1-2-7(8)3-5/h2-3,8H,4-7H2,1H3,(H2,11,12);5H,1-4H2,(H,9,10). The second-order valence-corrected chi connectivity index (χ2v) is 6.66. The third-order valence-electron chi connectivity index (χ3n) is 4.90. The Labute approximate surface area is 142 Å². The monoisotopic (exact) mass is 334 g/mol. The van der Waals surface area contributed by atoms with Crippen molar-refractivity contribution in [1.82, 2.24) is 19.9 Å². The summed E-state index contributed by atoms with van der Waals surface area (Å²) in [7, 11) is 2.15. The van der Waals surface area contributed by atoms with Gasteiger partial charge in [0.2, 0.25) is 0 Å². The fraction of sp³-hybridized carbons (Fsp3) is 0.625. The topological polar surface area (TPSA) is 89.2 Å². The Kier molecular flexibility index (Phi) is 5.06. The van der Waals surface area contributed by atoms with Gasteiger partial charge in [-0.2, -0.15) is 0 Å². The summed E-state index contributed by atoms with van der Waals surface area (Å²) in [5, 5.41) is 12.0. The van der Waals surface area contributed by atoms with Gasteiger partial charge < -0.3 is 20.6 Å². The van der Waals surface area contributed by atoms with E-state index in [4.69, 9.17) is 10.8 Å². The highest BCUT2D eigenvalue weighted by Crippen LogP contribution is 2.26. The van der Waals surface area contributed by atoms with Gasteiger partial charge in [-0.05, 0) is 31.5 Å². The first-order chi connectivity index (χ1) is 11.5. The minimum atomic E-state index is -0.804. The van der Waals surface area contributed by atoms with Crippen LogP contribution in [0.3, 0.4) is 0 Å². The molecule has 3 N–H and O–H groups in total. The molecule has 1 aromatic rings. The number of hydrazine groups is 1. The molecule has 1 amide bonds. The molecule has 0 radical (unpaired) electrons. The molecule has 2 unspecified atom stereocenters. The molecule has 0 aliphatic carbocycles. The third kappa shape index (κ3) is 3.88. The molecule has 4 heterocycles. The summed E-state index contributed by atoms with van der Waals surface area (Å²) in [6.07, 6.45) is 2.21. The summed E-state index contributed by atoms with van der Waals surface area (Å²) in [5.41, 5.74) is 6.71. The molecule has 0 spiro atoms. The summed E-state index contributed by atoms with van der Waals surface area (Å²) in [5.74, 6) is 1.19. The van der Waals surface area contributed by atoms with Crippen LogP contribution >= 0.6 is 0 Å². The summed E-state index contributed by atoms with van der Waals surface area (Å²) in [6.45, 7) is 6.97. The van der Waals surface area contributed by atoms with Crippen molar-refractivity contribution in [1.29, 1.82) is 0 Å². The highest BCUT2D eigenvalue weighted by atomic mass is 16.4. The van der Waals surface area contributed by atoms with E-state index in [-0.39, 0.29) is 0 Å². The summed E-state index contributed by atoms with van der Waals surface area (Å²) in [4.78, 5) is 19.2. The van der Waals surface area contributed by atoms with Crippen LogP contribution in [0.4, 0.5) is 16.3 Å². The van der Waals surface area contributed by atoms with Crippen LogP contribution in [0.1, 0.15) is 6.42 Å². The average Bonchev–Trinajstić information content (AvgIpc) is 3.20. The van der Waals surface area contributed by atoms with Crippen LogP contribution in [0.5, 0.6) is 0 Å². The molecule has 3 fully saturated rings. The van der Waals surface area contributed by atoms with Gasteiger partial charge in [-0.1, -0.05) is 0 Å². The van der Waals surface area contributed by atoms with Gasteiger partial charge >= 0.3 is 6.09 Å². The van der Waals surface area contributed by atoms with Gasteiger partial charge in [0.1, 0.15) is 5.82 Å². The number of anilines is 2. The van der Waals surface area contributed by atoms with Gasteiger partial charge in [-0.25, -0.2) is 19.8 Å². The van der Waals surface area contributed by atoms with Gasteiger partial charge in [0.25, 0.3) is 0 Å². The number of fused-ring (bicyclic) bond motifs is 2. The van der Waals surface area contributed by atoms with Crippen molar-refractivity contribution in [3.05, 3.63) is 18.3 Å². The molecule has 24 heavy (non-hydrogen) atoms. The number of pyridine rings is 1. The van der Waals surface area contributed by atoms with E-state index >= 15 is 0 Å². The first kappa shape index (κ1) is 16.8. The Morgan fingerprint density at radius 2 is 1.96 bits per heavy atom. The first-order valence-electron chi connectivity index (χ1n) is 8.43. The Balaban J connectivity index is 0.000000149. The van der Waals surface area contributed by atoms with Crippen molar-refractivity contribution in [2.75, 3.05) is 63.5 Å². The minimum absolute atomic E-state index is 0.586. The molecule has 8 heteroatoms. The second-order valence-electron chi connectivity index (χ2n) is 6.66. The lowest BCUT2D eigenvalue weighted by Gasteiger charge is -2.33. The number of aromatic nitrogens is 1. The van der Waals surface area contributed by atoms with Crippen molar-refractivity contribution in [2.24, 2.45) is 5.92 Å². The number of amides is 1. The van der Waals surface area contributed by atoms with Crippen LogP contribution < -0.4 is 10.6 Å². The quantitative estimate of drug-likeness (QED) is 0.779. The van der Waals surface area contributed by atoms with Crippen LogP contribution in [0.25, 0.3) is 0 Å². The zero-order chi connectivity index (χ0) is 17.1. The first-order valence-corrected chi connectivity index (χ1v) is 8.43. The van der Waals surface area contributed by atoms with Crippen molar-refractivity contribution >= 4 is 17.6 Å². The summed E-state index contributed by atoms with van der Waals surface area (Å²) >= 11 is 0. The molecule has 0 saturated carbocycles. The largest absolute Gasteiger partial charge is 0.464 e. The van der Waals surface area contributed by atoms with Gasteiger partial charge in [-0.3, -0.25) is 0 Å². The van der Waals surface area contributed by atoms with Crippen molar-refractivity contribution in [3.63, 3.8) is 0 Å². The van der Waals surface area contributed by atoms with E-state index < -0.39 is 6.09 Å². The van der Waals surface area contributed by atoms with Gasteiger partial charge in [0.15, 0.2) is 0 Å². The van der Waals surface area contributed by atoms with Crippen LogP contribution in [0.15, 0.2) is 18.3 Å². The molecule has 132 valence electrons. The Hall–Kier alpha value is -2.06. The number of nitrogen functional groups attached to an aromatic ring is 1. The van der Waals surface area contributed by atoms with Crippen molar-refractivity contribution in [3.8, 4) is 0 Å². The highest BCUT2D eigenvalue weighted by molar-refractivity contribution is 5.64. The lowest BCUT2D eigenvalue weighted by atomic mass is 10.1. The molecule has 1 aromatic heterocycles. The molecule has 2 atom stereocenters. The zero-order valence-electron chi connectivity index (χ0n) is 14.1. The molecular formula is C16H26N6O2. The highest BCUT2D eigenvalue weighted by Gasteiger charge is 2.38. The fourth-order valence-corrected chi connectivity index (χ4v) is 3.39. The van der Waals surface area contributed by atoms with Gasteiger partial charge in [0.05, 0.1) is 11.9 Å². The maximum absolute atomic E-state index is 10.5. The van der Waals surface area contributed by atoms with Crippen molar-refractivity contribution < 1.29 is 9.90 Å².